The van der Waals surface area contributed by atoms with Crippen molar-refractivity contribution in [2.75, 3.05) is 0 Å². The summed E-state index contributed by atoms with van der Waals surface area (Å²) in [5, 5.41) is 3.02. The first kappa shape index (κ1) is 15.3. The average Bonchev–Trinajstić information content (AvgIpc) is 2.42. The molecule has 0 spiro atoms. The maximum atomic E-state index is 12.3. The lowest BCUT2D eigenvalue weighted by atomic mass is 10.1. The van der Waals surface area contributed by atoms with Gasteiger partial charge in [0.15, 0.2) is 0 Å². The number of amides is 1. The molecule has 0 unspecified atom stereocenters. The monoisotopic (exact) mass is 395 g/mol. The van der Waals surface area contributed by atoms with Crippen molar-refractivity contribution in [3.05, 3.63) is 68.1 Å². The second kappa shape index (κ2) is 6.55. The smallest absolute Gasteiger partial charge is 0.252 e. The summed E-state index contributed by atoms with van der Waals surface area (Å²) in [6.07, 6.45) is 0. The van der Waals surface area contributed by atoms with Crippen molar-refractivity contribution in [2.45, 2.75) is 19.9 Å². The van der Waals surface area contributed by atoms with Gasteiger partial charge >= 0.3 is 0 Å². The summed E-state index contributed by atoms with van der Waals surface area (Å²) in [5.74, 6) is -0.0563. The van der Waals surface area contributed by atoms with Crippen LogP contribution < -0.4 is 5.32 Å². The van der Waals surface area contributed by atoms with Crippen LogP contribution in [0.15, 0.2) is 51.4 Å². The molecule has 0 aromatic heterocycles. The molecule has 0 fully saturated rings. The van der Waals surface area contributed by atoms with Gasteiger partial charge in [-0.1, -0.05) is 50.1 Å². The number of aryl methyl sites for hydroxylation is 1. The van der Waals surface area contributed by atoms with Crippen LogP contribution in [0.25, 0.3) is 0 Å². The summed E-state index contributed by atoms with van der Waals surface area (Å²) in [5.41, 5.74) is 2.74. The third kappa shape index (κ3) is 3.70. The molecule has 0 aliphatic heterocycles. The Morgan fingerprint density at radius 2 is 1.65 bits per heavy atom. The van der Waals surface area contributed by atoms with Crippen molar-refractivity contribution >= 4 is 37.8 Å². The Morgan fingerprint density at radius 1 is 1.05 bits per heavy atom. The van der Waals surface area contributed by atoms with Crippen LogP contribution in [-0.2, 0) is 0 Å². The summed E-state index contributed by atoms with van der Waals surface area (Å²) in [4.78, 5) is 12.3. The maximum absolute atomic E-state index is 12.3. The quantitative estimate of drug-likeness (QED) is 0.775. The van der Waals surface area contributed by atoms with E-state index in [4.69, 9.17) is 0 Å². The Morgan fingerprint density at radius 3 is 2.30 bits per heavy atom. The van der Waals surface area contributed by atoms with Crippen LogP contribution in [0.3, 0.4) is 0 Å². The molecule has 2 aromatic rings. The topological polar surface area (TPSA) is 29.1 Å². The van der Waals surface area contributed by atoms with Crippen molar-refractivity contribution < 1.29 is 4.79 Å². The molecule has 4 heteroatoms. The van der Waals surface area contributed by atoms with E-state index in [0.29, 0.717) is 5.56 Å². The Hall–Kier alpha value is -1.13. The lowest BCUT2D eigenvalue weighted by Gasteiger charge is -2.15. The van der Waals surface area contributed by atoms with Gasteiger partial charge in [-0.15, -0.1) is 0 Å². The van der Waals surface area contributed by atoms with Gasteiger partial charge in [0.1, 0.15) is 0 Å². The van der Waals surface area contributed by atoms with E-state index < -0.39 is 0 Å². The van der Waals surface area contributed by atoms with Crippen LogP contribution in [0.1, 0.15) is 34.5 Å². The summed E-state index contributed by atoms with van der Waals surface area (Å²) < 4.78 is 1.94. The van der Waals surface area contributed by atoms with Crippen molar-refractivity contribution in [3.63, 3.8) is 0 Å². The first-order chi connectivity index (χ1) is 9.47. The van der Waals surface area contributed by atoms with Gasteiger partial charge in [0.2, 0.25) is 0 Å². The number of carbonyl (C=O) groups is 1. The number of nitrogens with one attached hydrogen (secondary N) is 1. The molecule has 0 aliphatic carbocycles. The van der Waals surface area contributed by atoms with Gasteiger partial charge in [-0.2, -0.15) is 0 Å². The van der Waals surface area contributed by atoms with Crippen LogP contribution in [0, 0.1) is 6.92 Å². The van der Waals surface area contributed by atoms with E-state index in [9.17, 15) is 4.79 Å². The fraction of sp³-hybridized carbons (Fsp3) is 0.188. The Balaban J connectivity index is 2.15. The molecular formula is C16H15Br2NO. The molecule has 20 heavy (non-hydrogen) atoms. The molecule has 1 N–H and O–H groups in total. The van der Waals surface area contributed by atoms with Gasteiger partial charge in [0.25, 0.3) is 5.91 Å². The fourth-order valence-electron chi connectivity index (χ4n) is 1.95. The molecule has 2 aromatic carbocycles. The molecule has 1 atom stereocenters. The van der Waals surface area contributed by atoms with E-state index in [-0.39, 0.29) is 11.9 Å². The zero-order valence-corrected chi connectivity index (χ0v) is 14.5. The van der Waals surface area contributed by atoms with E-state index in [2.05, 4.69) is 37.2 Å². The lowest BCUT2D eigenvalue weighted by Crippen LogP contribution is -2.27. The van der Waals surface area contributed by atoms with E-state index in [1.54, 1.807) is 0 Å². The fourth-order valence-corrected chi connectivity index (χ4v) is 2.57. The highest BCUT2D eigenvalue weighted by molar-refractivity contribution is 9.10. The van der Waals surface area contributed by atoms with Gasteiger partial charge in [-0.25, -0.2) is 0 Å². The molecule has 0 radical (unpaired) electrons. The van der Waals surface area contributed by atoms with Gasteiger partial charge in [0.05, 0.1) is 6.04 Å². The number of rotatable bonds is 3. The molecule has 2 nitrogen and oxygen atoms in total. The van der Waals surface area contributed by atoms with Crippen LogP contribution >= 0.6 is 31.9 Å². The standard InChI is InChI=1S/C16H15Br2NO/c1-10-3-6-14(18)9-15(10)16(20)19-11(2)12-4-7-13(17)8-5-12/h3-9,11H,1-2H3,(H,19,20)/t11-/m1/s1. The van der Waals surface area contributed by atoms with E-state index >= 15 is 0 Å². The second-order valence-corrected chi connectivity index (χ2v) is 6.54. The maximum Gasteiger partial charge on any atom is 0.252 e. The third-order valence-corrected chi connectivity index (χ3v) is 4.18. The molecule has 0 bridgehead atoms. The van der Waals surface area contributed by atoms with E-state index in [1.165, 1.54) is 0 Å². The summed E-state index contributed by atoms with van der Waals surface area (Å²) in [7, 11) is 0. The van der Waals surface area contributed by atoms with Crippen LogP contribution in [-0.4, -0.2) is 5.91 Å². The number of hydrogen-bond donors (Lipinski definition) is 1. The zero-order valence-electron chi connectivity index (χ0n) is 11.3. The summed E-state index contributed by atoms with van der Waals surface area (Å²) in [6, 6.07) is 13.6. The largest absolute Gasteiger partial charge is 0.346 e. The molecule has 0 heterocycles. The molecule has 0 saturated carbocycles. The highest BCUT2D eigenvalue weighted by atomic mass is 79.9. The summed E-state index contributed by atoms with van der Waals surface area (Å²) in [6.45, 7) is 3.92. The minimum Gasteiger partial charge on any atom is -0.346 e. The lowest BCUT2D eigenvalue weighted by molar-refractivity contribution is 0.0939. The molecule has 104 valence electrons. The Labute approximate surface area is 135 Å². The number of benzene rings is 2. The highest BCUT2D eigenvalue weighted by Gasteiger charge is 2.13. The average molecular weight is 397 g/mol. The van der Waals surface area contributed by atoms with E-state index in [0.717, 1.165) is 20.1 Å². The predicted molar refractivity (Wildman–Crippen MR) is 88.9 cm³/mol. The van der Waals surface area contributed by atoms with Crippen LogP contribution in [0.5, 0.6) is 0 Å². The SMILES string of the molecule is Cc1ccc(Br)cc1C(=O)N[C@H](C)c1ccc(Br)cc1. The van der Waals surface area contributed by atoms with Crippen LogP contribution in [0.2, 0.25) is 0 Å². The summed E-state index contributed by atoms with van der Waals surface area (Å²) >= 11 is 6.81. The number of halogens is 2. The van der Waals surface area contributed by atoms with Gasteiger partial charge in [-0.05, 0) is 49.2 Å². The number of carbonyl (C=O) groups excluding carboxylic acids is 1. The highest BCUT2D eigenvalue weighted by Crippen LogP contribution is 2.19. The van der Waals surface area contributed by atoms with Gasteiger partial charge in [-0.3, -0.25) is 4.79 Å². The van der Waals surface area contributed by atoms with Crippen molar-refractivity contribution in [1.29, 1.82) is 0 Å². The normalized spacial score (nSPS) is 12.0. The molecule has 0 saturated heterocycles. The third-order valence-electron chi connectivity index (χ3n) is 3.16. The Kier molecular flexibility index (Phi) is 5.00. The molecule has 2 rings (SSSR count). The first-order valence-corrected chi connectivity index (χ1v) is 7.88. The predicted octanol–water partition coefficient (Wildman–Crippen LogP) is 5.01. The molecule has 0 aliphatic rings. The molecular weight excluding hydrogens is 382 g/mol. The van der Waals surface area contributed by atoms with Gasteiger partial charge in [0, 0.05) is 14.5 Å². The van der Waals surface area contributed by atoms with Gasteiger partial charge < -0.3 is 5.32 Å². The number of hydrogen-bond acceptors (Lipinski definition) is 1. The van der Waals surface area contributed by atoms with Crippen molar-refractivity contribution in [3.8, 4) is 0 Å². The minimum atomic E-state index is -0.0563. The second-order valence-electron chi connectivity index (χ2n) is 4.71. The van der Waals surface area contributed by atoms with Crippen molar-refractivity contribution in [1.82, 2.24) is 5.32 Å². The Bertz CT molecular complexity index is 623. The van der Waals surface area contributed by atoms with Crippen LogP contribution in [0.4, 0.5) is 0 Å². The minimum absolute atomic E-state index is 0.0334. The zero-order chi connectivity index (χ0) is 14.7. The first-order valence-electron chi connectivity index (χ1n) is 6.30. The van der Waals surface area contributed by atoms with E-state index in [1.807, 2.05) is 56.3 Å². The van der Waals surface area contributed by atoms with Crippen molar-refractivity contribution in [2.24, 2.45) is 0 Å². The molecule has 1 amide bonds.